The van der Waals surface area contributed by atoms with Crippen LogP contribution in [-0.2, 0) is 14.3 Å². The van der Waals surface area contributed by atoms with Gasteiger partial charge in [-0.1, -0.05) is 36.4 Å². The van der Waals surface area contributed by atoms with Crippen molar-refractivity contribution in [1.82, 2.24) is 4.90 Å². The molecule has 0 aromatic heterocycles. The van der Waals surface area contributed by atoms with Gasteiger partial charge in [0.2, 0.25) is 0 Å². The van der Waals surface area contributed by atoms with E-state index in [0.717, 1.165) is 16.7 Å². The summed E-state index contributed by atoms with van der Waals surface area (Å²) in [5, 5.41) is -0.505. The highest BCUT2D eigenvalue weighted by molar-refractivity contribution is 8.18. The highest BCUT2D eigenvalue weighted by Crippen LogP contribution is 2.34. The number of carbonyl (C=O) groups is 4. The van der Waals surface area contributed by atoms with Gasteiger partial charge >= 0.3 is 5.97 Å². The van der Waals surface area contributed by atoms with Crippen LogP contribution in [-0.4, -0.2) is 54.2 Å². The van der Waals surface area contributed by atoms with Crippen molar-refractivity contribution in [3.05, 3.63) is 64.6 Å². The first-order valence-corrected chi connectivity index (χ1v) is 11.1. The molecule has 0 spiro atoms. The van der Waals surface area contributed by atoms with Crippen LogP contribution < -0.4 is 9.47 Å². The van der Waals surface area contributed by atoms with Crippen LogP contribution >= 0.6 is 11.8 Å². The number of carbonyl (C=O) groups excluding carboxylic acids is 4. The highest BCUT2D eigenvalue weighted by atomic mass is 32.2. The van der Waals surface area contributed by atoms with Crippen molar-refractivity contribution in [1.29, 1.82) is 0 Å². The molecule has 2 amide bonds. The topological polar surface area (TPSA) is 99.2 Å². The molecule has 1 heterocycles. The van der Waals surface area contributed by atoms with Crippen LogP contribution in [0.5, 0.6) is 11.5 Å². The van der Waals surface area contributed by atoms with Crippen molar-refractivity contribution >= 4 is 40.7 Å². The Labute approximate surface area is 195 Å². The summed E-state index contributed by atoms with van der Waals surface area (Å²) < 4.78 is 15.9. The van der Waals surface area contributed by atoms with Gasteiger partial charge in [0.25, 0.3) is 11.1 Å². The molecule has 2 aromatic rings. The van der Waals surface area contributed by atoms with E-state index in [0.29, 0.717) is 29.2 Å². The molecule has 0 N–H and O–H groups in total. The van der Waals surface area contributed by atoms with Crippen LogP contribution in [0.15, 0.2) is 53.4 Å². The minimum absolute atomic E-state index is 0.198. The molecule has 1 fully saturated rings. The lowest BCUT2D eigenvalue weighted by Crippen LogP contribution is -2.33. The Morgan fingerprint density at radius 1 is 0.970 bits per heavy atom. The number of amides is 2. The third kappa shape index (κ3) is 6.23. The van der Waals surface area contributed by atoms with Gasteiger partial charge in [-0.15, -0.1) is 0 Å². The van der Waals surface area contributed by atoms with Gasteiger partial charge in [0.05, 0.1) is 24.7 Å². The molecular formula is C24H23NO7S. The maximum absolute atomic E-state index is 12.8. The first kappa shape index (κ1) is 24.1. The predicted molar refractivity (Wildman–Crippen MR) is 123 cm³/mol. The average molecular weight is 470 g/mol. The van der Waals surface area contributed by atoms with E-state index in [4.69, 9.17) is 14.2 Å². The second-order valence-corrected chi connectivity index (χ2v) is 7.78. The largest absolute Gasteiger partial charge is 0.490 e. The monoisotopic (exact) mass is 469 g/mol. The lowest BCUT2D eigenvalue weighted by atomic mass is 10.1. The van der Waals surface area contributed by atoms with Crippen molar-refractivity contribution < 1.29 is 33.4 Å². The Balaban J connectivity index is 1.74. The zero-order valence-electron chi connectivity index (χ0n) is 18.2. The zero-order valence-corrected chi connectivity index (χ0v) is 19.1. The second kappa shape index (κ2) is 11.3. The minimum Gasteiger partial charge on any atom is -0.490 e. The average Bonchev–Trinajstić information content (AvgIpc) is 3.06. The van der Waals surface area contributed by atoms with Crippen molar-refractivity contribution in [2.24, 2.45) is 0 Å². The van der Waals surface area contributed by atoms with Gasteiger partial charge in [-0.2, -0.15) is 0 Å². The van der Waals surface area contributed by atoms with Crippen LogP contribution in [0.4, 0.5) is 4.79 Å². The van der Waals surface area contributed by atoms with Crippen molar-refractivity contribution in [2.75, 3.05) is 26.4 Å². The first-order chi connectivity index (χ1) is 15.9. The number of rotatable bonds is 10. The summed E-state index contributed by atoms with van der Waals surface area (Å²) in [5.74, 6) is -0.615. The highest BCUT2D eigenvalue weighted by Gasteiger charge is 2.36. The van der Waals surface area contributed by atoms with Crippen molar-refractivity contribution in [3.63, 3.8) is 0 Å². The summed E-state index contributed by atoms with van der Waals surface area (Å²) in [6, 6.07) is 13.4. The van der Waals surface area contributed by atoms with Crippen LogP contribution in [0.1, 0.15) is 29.8 Å². The van der Waals surface area contributed by atoms with Gasteiger partial charge in [0.1, 0.15) is 0 Å². The standard InChI is InChI=1S/C24H23NO7S/c1-3-30-20-12-16(10-11-19(20)32-15-22(27)31-4-2)13-21-23(28)25(24(29)33-21)14-18(26)17-8-6-5-7-9-17/h5-13H,3-4,14-15H2,1-2H3/b21-13-. The Kier molecular flexibility index (Phi) is 8.26. The van der Waals surface area contributed by atoms with Gasteiger partial charge in [-0.3, -0.25) is 19.3 Å². The molecule has 0 radical (unpaired) electrons. The Bertz CT molecular complexity index is 1080. The molecule has 0 atom stereocenters. The minimum atomic E-state index is -0.533. The SMILES string of the molecule is CCOC(=O)COc1ccc(/C=C2\SC(=O)N(CC(=O)c3ccccc3)C2=O)cc1OCC. The summed E-state index contributed by atoms with van der Waals surface area (Å²) >= 11 is 0.770. The summed E-state index contributed by atoms with van der Waals surface area (Å²) in [7, 11) is 0. The normalized spacial score (nSPS) is 14.5. The molecule has 9 heteroatoms. The number of hydrogen-bond donors (Lipinski definition) is 0. The molecule has 0 saturated carbocycles. The fourth-order valence-electron chi connectivity index (χ4n) is 2.99. The molecule has 0 unspecified atom stereocenters. The molecule has 1 aliphatic heterocycles. The van der Waals surface area contributed by atoms with Gasteiger partial charge in [0, 0.05) is 5.56 Å². The van der Waals surface area contributed by atoms with Crippen LogP contribution in [0.25, 0.3) is 6.08 Å². The lowest BCUT2D eigenvalue weighted by molar-refractivity contribution is -0.145. The molecule has 0 bridgehead atoms. The first-order valence-electron chi connectivity index (χ1n) is 10.3. The van der Waals surface area contributed by atoms with E-state index >= 15 is 0 Å². The smallest absolute Gasteiger partial charge is 0.344 e. The predicted octanol–water partition coefficient (Wildman–Crippen LogP) is 3.95. The maximum atomic E-state index is 12.8. The van der Waals surface area contributed by atoms with E-state index < -0.39 is 17.1 Å². The Morgan fingerprint density at radius 2 is 1.73 bits per heavy atom. The van der Waals surface area contributed by atoms with E-state index in [-0.39, 0.29) is 30.4 Å². The number of thioether (sulfide) groups is 1. The molecular weight excluding hydrogens is 446 g/mol. The van der Waals surface area contributed by atoms with Gasteiger partial charge in [-0.25, -0.2) is 4.79 Å². The fourth-order valence-corrected chi connectivity index (χ4v) is 3.83. The number of imide groups is 1. The van der Waals surface area contributed by atoms with E-state index in [1.54, 1.807) is 68.5 Å². The van der Waals surface area contributed by atoms with Crippen LogP contribution in [0.3, 0.4) is 0 Å². The third-order valence-electron chi connectivity index (χ3n) is 4.49. The van der Waals surface area contributed by atoms with Crippen molar-refractivity contribution in [3.8, 4) is 11.5 Å². The summed E-state index contributed by atoms with van der Waals surface area (Å²) in [4.78, 5) is 50.2. The van der Waals surface area contributed by atoms with Gasteiger partial charge in [0.15, 0.2) is 23.9 Å². The number of benzene rings is 2. The number of esters is 1. The summed E-state index contributed by atoms with van der Waals surface area (Å²) in [5.41, 5.74) is 1.03. The zero-order chi connectivity index (χ0) is 23.8. The maximum Gasteiger partial charge on any atom is 0.344 e. The third-order valence-corrected chi connectivity index (χ3v) is 5.39. The number of ether oxygens (including phenoxy) is 3. The van der Waals surface area contributed by atoms with E-state index in [1.807, 2.05) is 0 Å². The quantitative estimate of drug-likeness (QED) is 0.293. The molecule has 1 saturated heterocycles. The van der Waals surface area contributed by atoms with E-state index in [9.17, 15) is 19.2 Å². The molecule has 172 valence electrons. The van der Waals surface area contributed by atoms with E-state index in [2.05, 4.69) is 0 Å². The fraction of sp³-hybridized carbons (Fsp3) is 0.250. The number of ketones is 1. The Morgan fingerprint density at radius 3 is 2.42 bits per heavy atom. The molecule has 1 aliphatic rings. The van der Waals surface area contributed by atoms with Crippen LogP contribution in [0, 0.1) is 0 Å². The van der Waals surface area contributed by atoms with E-state index in [1.165, 1.54) is 0 Å². The van der Waals surface area contributed by atoms with Crippen LogP contribution in [0.2, 0.25) is 0 Å². The molecule has 33 heavy (non-hydrogen) atoms. The summed E-state index contributed by atoms with van der Waals surface area (Å²) in [6.07, 6.45) is 1.55. The second-order valence-electron chi connectivity index (χ2n) is 6.79. The number of Topliss-reactive ketones (excluding diaryl/α,β-unsaturated/α-hetero) is 1. The summed E-state index contributed by atoms with van der Waals surface area (Å²) in [6.45, 7) is 3.54. The lowest BCUT2D eigenvalue weighted by Gasteiger charge is -2.12. The number of nitrogens with zero attached hydrogens (tertiary/aromatic N) is 1. The van der Waals surface area contributed by atoms with Gasteiger partial charge in [-0.05, 0) is 49.4 Å². The molecule has 8 nitrogen and oxygen atoms in total. The number of hydrogen-bond acceptors (Lipinski definition) is 8. The Hall–Kier alpha value is -3.59. The van der Waals surface area contributed by atoms with Crippen molar-refractivity contribution in [2.45, 2.75) is 13.8 Å². The molecule has 0 aliphatic carbocycles. The molecule has 2 aromatic carbocycles. The molecule has 3 rings (SSSR count). The van der Waals surface area contributed by atoms with Gasteiger partial charge < -0.3 is 14.2 Å².